The molecular weight excluding hydrogens is 893 g/mol. The van der Waals surface area contributed by atoms with Crippen LogP contribution in [0.2, 0.25) is 0 Å². The van der Waals surface area contributed by atoms with Gasteiger partial charge in [-0.3, -0.25) is 52.7 Å². The first-order valence-corrected chi connectivity index (χ1v) is 20.8. The predicted octanol–water partition coefficient (Wildman–Crippen LogP) is -1.11. The quantitative estimate of drug-likeness (QED) is 0.0273. The summed E-state index contributed by atoms with van der Waals surface area (Å²) >= 11 is 3.93. The molecule has 358 valence electrons. The molecule has 0 heterocycles. The number of aliphatic carboxylic acids is 5. The summed E-state index contributed by atoms with van der Waals surface area (Å²) in [6.07, 6.45) is -3.72. The lowest BCUT2D eigenvalue weighted by atomic mass is 9.84. The molecule has 23 nitrogen and oxygen atoms in total. The molecule has 66 heavy (non-hydrogen) atoms. The molecule has 24 heteroatoms. The Hall–Kier alpha value is -7.37. The van der Waals surface area contributed by atoms with Gasteiger partial charge in [0, 0.05) is 31.4 Å². The van der Waals surface area contributed by atoms with Crippen molar-refractivity contribution >= 4 is 83.7 Å². The molecule has 0 aliphatic heterocycles. The fourth-order valence-corrected chi connectivity index (χ4v) is 6.77. The van der Waals surface area contributed by atoms with Gasteiger partial charge in [-0.1, -0.05) is 74.5 Å². The molecule has 2 rings (SSSR count). The minimum Gasteiger partial charge on any atom is -0.481 e. The van der Waals surface area contributed by atoms with E-state index in [-0.39, 0.29) is 12.3 Å². The highest BCUT2D eigenvalue weighted by atomic mass is 32.1. The third-order valence-electron chi connectivity index (χ3n) is 9.65. The second-order valence-electron chi connectivity index (χ2n) is 15.3. The van der Waals surface area contributed by atoms with Crippen LogP contribution in [-0.4, -0.2) is 139 Å². The number of thiol groups is 1. The smallest absolute Gasteiger partial charge is 0.374 e. The molecule has 2 aromatic rings. The molecular formula is C42H52N6O17S. The standard InChI is InChI=1S/C42H52N6O17S/c1-20(2)16-26(36(56)47-29(19-66)34(54)42(64)65)45-35(55)25(14-15-30(50)51)44-39(59)33(32(22-10-6-4-7-11-22)23-12-8-5-9-13-23)48-38(58)27(17-24(40(60)61)41(62)63)46-37(57)28(18-31(52)53)43-21(3)49/h4-13,20,24-29,32-33,66H,14-19H2,1-3H3,(H,43,49)(H,44,59)(H,45,55)(H,46,57)(H,47,56)(H,48,58)(H,50,51)(H,52,53)(H,60,61)(H,62,63)(H,64,65)/t25-,26-,27+,28-,29-,33-/m0/s1. The maximum Gasteiger partial charge on any atom is 0.374 e. The van der Waals surface area contributed by atoms with Crippen LogP contribution in [0.3, 0.4) is 0 Å². The Labute approximate surface area is 382 Å². The fraction of sp³-hybridized carbons (Fsp3) is 0.429. The highest BCUT2D eigenvalue weighted by Crippen LogP contribution is 2.29. The van der Waals surface area contributed by atoms with Crippen LogP contribution >= 0.6 is 12.6 Å². The Morgan fingerprint density at radius 3 is 1.39 bits per heavy atom. The van der Waals surface area contributed by atoms with Crippen molar-refractivity contribution in [1.82, 2.24) is 31.9 Å². The number of amides is 6. The summed E-state index contributed by atoms with van der Waals surface area (Å²) in [5, 5.41) is 61.2. The van der Waals surface area contributed by atoms with Crippen LogP contribution in [0.1, 0.15) is 69.9 Å². The molecule has 0 fully saturated rings. The topological polar surface area (TPSA) is 378 Å². The van der Waals surface area contributed by atoms with E-state index in [1.807, 2.05) is 0 Å². The Morgan fingerprint density at radius 1 is 0.530 bits per heavy atom. The van der Waals surface area contributed by atoms with Gasteiger partial charge < -0.3 is 57.4 Å². The van der Waals surface area contributed by atoms with Crippen molar-refractivity contribution in [3.63, 3.8) is 0 Å². The van der Waals surface area contributed by atoms with Crippen LogP contribution in [0.5, 0.6) is 0 Å². The summed E-state index contributed by atoms with van der Waals surface area (Å²) in [7, 11) is 0. The number of benzene rings is 2. The molecule has 0 aliphatic carbocycles. The van der Waals surface area contributed by atoms with E-state index in [4.69, 9.17) is 0 Å². The maximum absolute atomic E-state index is 14.8. The Bertz CT molecular complexity index is 2050. The number of carboxylic acids is 5. The second-order valence-corrected chi connectivity index (χ2v) is 15.6. The number of nitrogens with one attached hydrogen (secondary N) is 6. The zero-order valence-corrected chi connectivity index (χ0v) is 36.7. The predicted molar refractivity (Wildman–Crippen MR) is 230 cm³/mol. The summed E-state index contributed by atoms with van der Waals surface area (Å²) in [5.74, 6) is -21.6. The zero-order valence-electron chi connectivity index (χ0n) is 35.8. The normalized spacial score (nSPS) is 13.7. The minimum atomic E-state index is -2.38. The van der Waals surface area contributed by atoms with Gasteiger partial charge in [0.05, 0.1) is 6.42 Å². The van der Waals surface area contributed by atoms with Crippen LogP contribution in [-0.2, 0) is 57.5 Å². The molecule has 0 saturated carbocycles. The van der Waals surface area contributed by atoms with Crippen molar-refractivity contribution in [2.24, 2.45) is 11.8 Å². The number of carboxylic acid groups (broad SMARTS) is 5. The van der Waals surface area contributed by atoms with E-state index < -0.39 is 151 Å². The average Bonchev–Trinajstić information content (AvgIpc) is 3.24. The van der Waals surface area contributed by atoms with Crippen molar-refractivity contribution in [2.75, 3.05) is 5.75 Å². The Balaban J connectivity index is 2.79. The monoisotopic (exact) mass is 944 g/mol. The van der Waals surface area contributed by atoms with Crippen LogP contribution in [0.15, 0.2) is 60.7 Å². The number of hydrogen-bond donors (Lipinski definition) is 12. The van der Waals surface area contributed by atoms with Gasteiger partial charge in [-0.15, -0.1) is 0 Å². The van der Waals surface area contributed by atoms with E-state index in [1.165, 1.54) is 0 Å². The molecule has 0 unspecified atom stereocenters. The first-order valence-electron chi connectivity index (χ1n) is 20.1. The van der Waals surface area contributed by atoms with E-state index in [9.17, 15) is 83.1 Å². The first-order chi connectivity index (χ1) is 31.0. The van der Waals surface area contributed by atoms with Gasteiger partial charge in [-0.2, -0.15) is 12.6 Å². The van der Waals surface area contributed by atoms with Crippen LogP contribution in [0.4, 0.5) is 0 Å². The third kappa shape index (κ3) is 17.7. The van der Waals surface area contributed by atoms with Crippen LogP contribution < -0.4 is 31.9 Å². The summed E-state index contributed by atoms with van der Waals surface area (Å²) in [5.41, 5.74) is 0.668. The summed E-state index contributed by atoms with van der Waals surface area (Å²) in [6.45, 7) is 4.26. The lowest BCUT2D eigenvalue weighted by molar-refractivity contribution is -0.155. The molecule has 0 saturated heterocycles. The molecule has 0 aliphatic rings. The molecule has 2 aromatic carbocycles. The Kier molecular flexibility index (Phi) is 21.9. The molecule has 0 bridgehead atoms. The molecule has 0 aromatic heterocycles. The summed E-state index contributed by atoms with van der Waals surface area (Å²) in [6, 6.07) is 4.90. The van der Waals surface area contributed by atoms with Gasteiger partial charge >= 0.3 is 29.8 Å². The molecule has 11 N–H and O–H groups in total. The SMILES string of the molecule is CC(=O)N[C@@H](CC(=O)O)C(=O)N[C@H](CC(C(=O)O)C(=O)O)C(=O)N[C@H](C(=O)N[C@@H](CCC(=O)O)C(=O)N[C@@H](CC(C)C)C(=O)N[C@@H](CS)C(=O)C(=O)O)C(c1ccccc1)c1ccccc1. The largest absolute Gasteiger partial charge is 0.481 e. The number of rotatable bonds is 28. The minimum absolute atomic E-state index is 0.115. The highest BCUT2D eigenvalue weighted by Gasteiger charge is 2.40. The first kappa shape index (κ1) is 54.8. The summed E-state index contributed by atoms with van der Waals surface area (Å²) in [4.78, 5) is 153. The van der Waals surface area contributed by atoms with Crippen molar-refractivity contribution in [3.05, 3.63) is 71.8 Å². The highest BCUT2D eigenvalue weighted by molar-refractivity contribution is 7.80. The van der Waals surface area contributed by atoms with Gasteiger partial charge in [-0.25, -0.2) is 4.79 Å². The molecule has 6 atom stereocenters. The van der Waals surface area contributed by atoms with E-state index in [2.05, 4.69) is 44.5 Å². The van der Waals surface area contributed by atoms with Gasteiger partial charge in [0.25, 0.3) is 5.78 Å². The zero-order chi connectivity index (χ0) is 49.8. The van der Waals surface area contributed by atoms with Gasteiger partial charge in [-0.05, 0) is 29.9 Å². The van der Waals surface area contributed by atoms with Crippen molar-refractivity contribution in [3.8, 4) is 0 Å². The number of carbonyl (C=O) groups is 12. The number of carbonyl (C=O) groups excluding carboxylic acids is 7. The number of Topliss-reactive ketones (excluding diaryl/α,β-unsaturated/α-hetero) is 1. The van der Waals surface area contributed by atoms with E-state index in [0.717, 1.165) is 6.92 Å². The van der Waals surface area contributed by atoms with E-state index >= 15 is 0 Å². The maximum atomic E-state index is 14.8. The fourth-order valence-electron chi connectivity index (χ4n) is 6.52. The van der Waals surface area contributed by atoms with E-state index in [0.29, 0.717) is 11.1 Å². The van der Waals surface area contributed by atoms with Crippen molar-refractivity contribution < 1.29 is 83.1 Å². The van der Waals surface area contributed by atoms with Crippen LogP contribution in [0, 0.1) is 11.8 Å². The van der Waals surface area contributed by atoms with Gasteiger partial charge in [0.15, 0.2) is 5.92 Å². The second kappa shape index (κ2) is 26.4. The molecule has 0 spiro atoms. The van der Waals surface area contributed by atoms with Crippen molar-refractivity contribution in [1.29, 1.82) is 0 Å². The lowest BCUT2D eigenvalue weighted by Gasteiger charge is -2.32. The van der Waals surface area contributed by atoms with Gasteiger partial charge in [0.1, 0.15) is 36.3 Å². The molecule has 6 amide bonds. The molecule has 0 radical (unpaired) electrons. The summed E-state index contributed by atoms with van der Waals surface area (Å²) < 4.78 is 0. The average molecular weight is 945 g/mol. The third-order valence-corrected chi connectivity index (χ3v) is 10.0. The van der Waals surface area contributed by atoms with Crippen molar-refractivity contribution in [2.45, 2.75) is 95.0 Å². The van der Waals surface area contributed by atoms with Crippen LogP contribution in [0.25, 0.3) is 0 Å². The lowest BCUT2D eigenvalue weighted by Crippen LogP contribution is -2.61. The Morgan fingerprint density at radius 2 is 0.970 bits per heavy atom. The van der Waals surface area contributed by atoms with Gasteiger partial charge in [0.2, 0.25) is 35.4 Å². The van der Waals surface area contributed by atoms with E-state index in [1.54, 1.807) is 74.5 Å². The number of ketones is 1. The number of hydrogen-bond acceptors (Lipinski definition) is 13.